The van der Waals surface area contributed by atoms with E-state index in [-0.39, 0.29) is 5.91 Å². The number of amides is 1. The van der Waals surface area contributed by atoms with E-state index in [0.29, 0.717) is 12.2 Å². The van der Waals surface area contributed by atoms with Gasteiger partial charge >= 0.3 is 0 Å². The van der Waals surface area contributed by atoms with Crippen LogP contribution in [0.15, 0.2) is 24.3 Å². The van der Waals surface area contributed by atoms with Crippen molar-refractivity contribution in [3.05, 3.63) is 30.1 Å². The highest BCUT2D eigenvalue weighted by Gasteiger charge is 2.06. The lowest BCUT2D eigenvalue weighted by Crippen LogP contribution is -2.11. The second-order valence-corrected chi connectivity index (χ2v) is 5.33. The van der Waals surface area contributed by atoms with E-state index in [9.17, 15) is 4.79 Å². The van der Waals surface area contributed by atoms with Gasteiger partial charge in [-0.15, -0.1) is 0 Å². The highest BCUT2D eigenvalue weighted by atomic mass is 16.1. The summed E-state index contributed by atoms with van der Waals surface area (Å²) < 4.78 is 0. The number of nitrogens with one attached hydrogen (secondary N) is 2. The summed E-state index contributed by atoms with van der Waals surface area (Å²) in [4.78, 5) is 16.2. The number of carbonyl (C=O) groups excluding carboxylic acids is 1. The number of aryl methyl sites for hydroxylation is 1. The maximum Gasteiger partial charge on any atom is 0.224 e. The van der Waals surface area contributed by atoms with E-state index < -0.39 is 0 Å². The van der Waals surface area contributed by atoms with Crippen LogP contribution in [0.2, 0.25) is 0 Å². The minimum absolute atomic E-state index is 0.0380. The smallest absolute Gasteiger partial charge is 0.224 e. The molecule has 0 aliphatic heterocycles. The predicted molar refractivity (Wildman–Crippen MR) is 87.3 cm³/mol. The molecule has 1 amide bonds. The van der Waals surface area contributed by atoms with Gasteiger partial charge in [0.25, 0.3) is 0 Å². The monoisotopic (exact) mass is 301 g/mol. The van der Waals surface area contributed by atoms with Crippen LogP contribution in [0.3, 0.4) is 0 Å². The number of nitrogens with two attached hydrogens (primary N) is 1. The summed E-state index contributed by atoms with van der Waals surface area (Å²) >= 11 is 0. The molecule has 0 aliphatic rings. The van der Waals surface area contributed by atoms with Gasteiger partial charge in [-0.3, -0.25) is 9.89 Å². The number of benzene rings is 1. The number of H-pyrrole nitrogens is 1. The van der Waals surface area contributed by atoms with Gasteiger partial charge < -0.3 is 11.1 Å². The Balaban J connectivity index is 1.86. The molecule has 2 rings (SSSR count). The van der Waals surface area contributed by atoms with E-state index in [2.05, 4.69) is 20.5 Å². The third-order valence-corrected chi connectivity index (χ3v) is 3.36. The van der Waals surface area contributed by atoms with Crippen molar-refractivity contribution >= 4 is 11.6 Å². The Kier molecular flexibility index (Phi) is 6.09. The van der Waals surface area contributed by atoms with Gasteiger partial charge in [-0.1, -0.05) is 25.0 Å². The maximum atomic E-state index is 11.9. The number of unbranched alkanes of at least 4 members (excludes halogenated alkanes) is 3. The Morgan fingerprint density at radius 2 is 2.09 bits per heavy atom. The lowest BCUT2D eigenvalue weighted by atomic mass is 10.1. The molecule has 0 unspecified atom stereocenters. The van der Waals surface area contributed by atoms with Crippen LogP contribution in [0.25, 0.3) is 11.4 Å². The molecule has 1 aromatic heterocycles. The number of anilines is 1. The molecule has 0 aliphatic carbocycles. The molecule has 0 atom stereocenters. The minimum Gasteiger partial charge on any atom is -0.330 e. The van der Waals surface area contributed by atoms with E-state index in [1.165, 1.54) is 0 Å². The number of hydrogen-bond donors (Lipinski definition) is 3. The van der Waals surface area contributed by atoms with Crippen molar-refractivity contribution in [2.45, 2.75) is 39.0 Å². The van der Waals surface area contributed by atoms with Gasteiger partial charge in [0.2, 0.25) is 5.91 Å². The molecule has 1 heterocycles. The summed E-state index contributed by atoms with van der Waals surface area (Å²) in [7, 11) is 0. The molecule has 0 bridgehead atoms. The van der Waals surface area contributed by atoms with Crippen molar-refractivity contribution in [2.24, 2.45) is 5.73 Å². The zero-order valence-corrected chi connectivity index (χ0v) is 12.9. The first-order valence-electron chi connectivity index (χ1n) is 7.68. The lowest BCUT2D eigenvalue weighted by Gasteiger charge is -2.06. The molecule has 0 fully saturated rings. The van der Waals surface area contributed by atoms with Crippen LogP contribution in [0.5, 0.6) is 0 Å². The van der Waals surface area contributed by atoms with Gasteiger partial charge in [0.1, 0.15) is 5.82 Å². The zero-order chi connectivity index (χ0) is 15.8. The molecule has 6 heteroatoms. The fourth-order valence-corrected chi connectivity index (χ4v) is 2.21. The van der Waals surface area contributed by atoms with Crippen molar-refractivity contribution < 1.29 is 4.79 Å². The van der Waals surface area contributed by atoms with Crippen molar-refractivity contribution in [3.8, 4) is 11.4 Å². The average Bonchev–Trinajstić information content (AvgIpc) is 2.94. The van der Waals surface area contributed by atoms with Crippen LogP contribution >= 0.6 is 0 Å². The summed E-state index contributed by atoms with van der Waals surface area (Å²) in [6.45, 7) is 2.58. The first-order chi connectivity index (χ1) is 10.7. The van der Waals surface area contributed by atoms with E-state index in [1.807, 2.05) is 31.2 Å². The first kappa shape index (κ1) is 16.2. The fourth-order valence-electron chi connectivity index (χ4n) is 2.21. The standard InChI is InChI=1S/C16H23N5O/c1-12-18-16(21-20-12)13-7-6-8-14(11-13)19-15(22)9-4-2-3-5-10-17/h6-8,11H,2-5,9-10,17H2,1H3,(H,19,22)(H,18,20,21). The van der Waals surface area contributed by atoms with Crippen molar-refractivity contribution in [2.75, 3.05) is 11.9 Å². The number of rotatable bonds is 8. The van der Waals surface area contributed by atoms with Crippen LogP contribution in [0.4, 0.5) is 5.69 Å². The third-order valence-electron chi connectivity index (χ3n) is 3.36. The molecule has 0 saturated carbocycles. The van der Waals surface area contributed by atoms with Gasteiger partial charge in [-0.2, -0.15) is 5.10 Å². The molecule has 0 radical (unpaired) electrons. The Hall–Kier alpha value is -2.21. The van der Waals surface area contributed by atoms with Gasteiger partial charge in [-0.05, 0) is 38.4 Å². The Morgan fingerprint density at radius 3 is 2.82 bits per heavy atom. The van der Waals surface area contributed by atoms with Gasteiger partial charge in [0, 0.05) is 17.7 Å². The summed E-state index contributed by atoms with van der Waals surface area (Å²) in [6, 6.07) is 7.56. The SMILES string of the molecule is Cc1nc(-c2cccc(NC(=O)CCCCCCN)c2)n[nH]1. The second-order valence-electron chi connectivity index (χ2n) is 5.33. The van der Waals surface area contributed by atoms with Gasteiger partial charge in [0.05, 0.1) is 0 Å². The predicted octanol–water partition coefficient (Wildman–Crippen LogP) is 2.63. The summed E-state index contributed by atoms with van der Waals surface area (Å²) in [5.41, 5.74) is 7.09. The van der Waals surface area contributed by atoms with Crippen LogP contribution in [-0.2, 0) is 4.79 Å². The number of nitrogens with zero attached hydrogens (tertiary/aromatic N) is 2. The second kappa shape index (κ2) is 8.29. The highest BCUT2D eigenvalue weighted by molar-refractivity contribution is 5.91. The molecule has 0 saturated heterocycles. The minimum atomic E-state index is 0.0380. The molecule has 1 aromatic carbocycles. The molecule has 22 heavy (non-hydrogen) atoms. The summed E-state index contributed by atoms with van der Waals surface area (Å²) in [5.74, 6) is 1.44. The zero-order valence-electron chi connectivity index (χ0n) is 12.9. The number of aromatic amines is 1. The van der Waals surface area contributed by atoms with E-state index >= 15 is 0 Å². The molecular formula is C16H23N5O. The Labute approximate surface area is 130 Å². The number of hydrogen-bond acceptors (Lipinski definition) is 4. The van der Waals surface area contributed by atoms with Crippen LogP contribution in [0, 0.1) is 6.92 Å². The van der Waals surface area contributed by atoms with Crippen LogP contribution in [0.1, 0.15) is 37.9 Å². The third kappa shape index (κ3) is 4.96. The lowest BCUT2D eigenvalue weighted by molar-refractivity contribution is -0.116. The van der Waals surface area contributed by atoms with Crippen LogP contribution < -0.4 is 11.1 Å². The van der Waals surface area contributed by atoms with Crippen molar-refractivity contribution in [1.29, 1.82) is 0 Å². The summed E-state index contributed by atoms with van der Waals surface area (Å²) in [5, 5.41) is 9.86. The topological polar surface area (TPSA) is 96.7 Å². The molecule has 118 valence electrons. The first-order valence-corrected chi connectivity index (χ1v) is 7.68. The number of carbonyl (C=O) groups is 1. The molecule has 2 aromatic rings. The van der Waals surface area contributed by atoms with Crippen molar-refractivity contribution in [1.82, 2.24) is 15.2 Å². The van der Waals surface area contributed by atoms with E-state index in [0.717, 1.165) is 49.3 Å². The quantitative estimate of drug-likeness (QED) is 0.653. The molecule has 6 nitrogen and oxygen atoms in total. The average molecular weight is 301 g/mol. The highest BCUT2D eigenvalue weighted by Crippen LogP contribution is 2.19. The van der Waals surface area contributed by atoms with E-state index in [1.54, 1.807) is 0 Å². The van der Waals surface area contributed by atoms with E-state index in [4.69, 9.17) is 5.73 Å². The van der Waals surface area contributed by atoms with Crippen LogP contribution in [-0.4, -0.2) is 27.6 Å². The fraction of sp³-hybridized carbons (Fsp3) is 0.438. The Morgan fingerprint density at radius 1 is 1.27 bits per heavy atom. The number of aromatic nitrogens is 3. The molecule has 4 N–H and O–H groups in total. The van der Waals surface area contributed by atoms with Gasteiger partial charge in [-0.25, -0.2) is 4.98 Å². The normalized spacial score (nSPS) is 10.6. The maximum absolute atomic E-state index is 11.9. The molecular weight excluding hydrogens is 278 g/mol. The Bertz CT molecular complexity index is 608. The van der Waals surface area contributed by atoms with Crippen molar-refractivity contribution in [3.63, 3.8) is 0 Å². The largest absolute Gasteiger partial charge is 0.330 e. The van der Waals surface area contributed by atoms with Gasteiger partial charge in [0.15, 0.2) is 5.82 Å². The molecule has 0 spiro atoms. The summed E-state index contributed by atoms with van der Waals surface area (Å²) in [6.07, 6.45) is 4.59.